The number of rotatable bonds is 6. The zero-order chi connectivity index (χ0) is 17.8. The average Bonchev–Trinajstić information content (AvgIpc) is 3.24. The second-order valence-corrected chi connectivity index (χ2v) is 6.54. The molecule has 0 spiro atoms. The molecule has 2 heterocycles. The van der Waals surface area contributed by atoms with Gasteiger partial charge in [0.2, 0.25) is 0 Å². The van der Waals surface area contributed by atoms with Crippen molar-refractivity contribution in [3.05, 3.63) is 77.2 Å². The topological polar surface area (TPSA) is 51.3 Å². The zero-order valence-corrected chi connectivity index (χ0v) is 15.0. The quantitative estimate of drug-likeness (QED) is 0.663. The summed E-state index contributed by atoms with van der Waals surface area (Å²) < 4.78 is 7.28. The van der Waals surface area contributed by atoms with Crippen molar-refractivity contribution in [2.75, 3.05) is 0 Å². The van der Waals surface area contributed by atoms with Gasteiger partial charge in [-0.15, -0.1) is 0 Å². The van der Waals surface area contributed by atoms with E-state index in [1.165, 1.54) is 6.26 Å². The van der Waals surface area contributed by atoms with Crippen LogP contribution >= 0.6 is 11.6 Å². The summed E-state index contributed by atoms with van der Waals surface area (Å²) in [6, 6.07) is 11.1. The lowest BCUT2D eigenvalue weighted by Gasteiger charge is -2.25. The van der Waals surface area contributed by atoms with Crippen molar-refractivity contribution in [1.82, 2.24) is 14.5 Å². The highest BCUT2D eigenvalue weighted by Crippen LogP contribution is 2.16. The second-order valence-electron chi connectivity index (χ2n) is 6.11. The predicted octanol–water partition coefficient (Wildman–Crippen LogP) is 4.23. The molecule has 0 aliphatic heterocycles. The Kier molecular flexibility index (Phi) is 5.24. The van der Waals surface area contributed by atoms with Crippen LogP contribution in [0.2, 0.25) is 5.02 Å². The summed E-state index contributed by atoms with van der Waals surface area (Å²) in [6.07, 6.45) is 5.16. The zero-order valence-electron chi connectivity index (χ0n) is 14.2. The van der Waals surface area contributed by atoms with Gasteiger partial charge in [0.05, 0.1) is 12.8 Å². The molecule has 0 aliphatic rings. The minimum absolute atomic E-state index is 0.0221. The lowest BCUT2D eigenvalue weighted by Crippen LogP contribution is -2.37. The summed E-state index contributed by atoms with van der Waals surface area (Å²) in [5.74, 6) is 1.01. The molecule has 0 radical (unpaired) electrons. The van der Waals surface area contributed by atoms with Crippen LogP contribution in [0, 0.1) is 0 Å². The average molecular weight is 358 g/mol. The van der Waals surface area contributed by atoms with E-state index >= 15 is 0 Å². The molecule has 3 aromatic rings. The summed E-state index contributed by atoms with van der Waals surface area (Å²) in [5.41, 5.74) is 1.08. The fourth-order valence-electron chi connectivity index (χ4n) is 2.65. The van der Waals surface area contributed by atoms with Crippen molar-refractivity contribution in [2.45, 2.75) is 33.0 Å². The molecule has 5 nitrogen and oxygen atoms in total. The molecule has 130 valence electrons. The normalized spacial score (nSPS) is 11.0. The smallest absolute Gasteiger partial charge is 0.290 e. The third kappa shape index (κ3) is 4.12. The van der Waals surface area contributed by atoms with Gasteiger partial charge in [0, 0.05) is 30.0 Å². The number of nitrogens with zero attached hydrogens (tertiary/aromatic N) is 3. The molecule has 6 heteroatoms. The maximum atomic E-state index is 12.7. The third-order valence-electron chi connectivity index (χ3n) is 3.97. The van der Waals surface area contributed by atoms with Gasteiger partial charge in [0.25, 0.3) is 5.91 Å². The molecule has 0 fully saturated rings. The van der Waals surface area contributed by atoms with Crippen LogP contribution in [0.5, 0.6) is 0 Å². The van der Waals surface area contributed by atoms with Gasteiger partial charge >= 0.3 is 0 Å². The number of carbonyl (C=O) groups is 1. The van der Waals surface area contributed by atoms with Crippen LogP contribution < -0.4 is 0 Å². The maximum absolute atomic E-state index is 12.7. The number of hydrogen-bond acceptors (Lipinski definition) is 3. The number of hydrogen-bond donors (Lipinski definition) is 0. The van der Waals surface area contributed by atoms with Gasteiger partial charge in [-0.25, -0.2) is 4.98 Å². The lowest BCUT2D eigenvalue weighted by molar-refractivity contribution is 0.0650. The van der Waals surface area contributed by atoms with Crippen molar-refractivity contribution in [1.29, 1.82) is 0 Å². The monoisotopic (exact) mass is 357 g/mol. The molecule has 0 N–H and O–H groups in total. The van der Waals surface area contributed by atoms with Gasteiger partial charge in [0.15, 0.2) is 5.76 Å². The van der Waals surface area contributed by atoms with E-state index in [0.717, 1.165) is 11.4 Å². The number of carbonyl (C=O) groups excluding carboxylic acids is 1. The third-order valence-corrected chi connectivity index (χ3v) is 4.21. The first-order chi connectivity index (χ1) is 12.0. The molecule has 0 saturated heterocycles. The Morgan fingerprint density at radius 3 is 2.84 bits per heavy atom. The van der Waals surface area contributed by atoms with Crippen LogP contribution in [0.4, 0.5) is 0 Å². The fraction of sp³-hybridized carbons (Fsp3) is 0.263. The molecule has 0 aliphatic carbocycles. The van der Waals surface area contributed by atoms with E-state index in [4.69, 9.17) is 16.0 Å². The summed E-state index contributed by atoms with van der Waals surface area (Å²) in [5, 5.41) is 0.705. The van der Waals surface area contributed by atoms with Crippen molar-refractivity contribution in [3.63, 3.8) is 0 Å². The van der Waals surface area contributed by atoms with Crippen LogP contribution in [0.3, 0.4) is 0 Å². The van der Waals surface area contributed by atoms with Gasteiger partial charge in [-0.05, 0) is 43.7 Å². The van der Waals surface area contributed by atoms with Crippen molar-refractivity contribution >= 4 is 17.5 Å². The molecular weight excluding hydrogens is 338 g/mol. The number of imidazole rings is 1. The molecule has 25 heavy (non-hydrogen) atoms. The summed E-state index contributed by atoms with van der Waals surface area (Å²) >= 11 is 6.06. The first-order valence-corrected chi connectivity index (χ1v) is 8.51. The van der Waals surface area contributed by atoms with Crippen LogP contribution in [-0.2, 0) is 13.1 Å². The predicted molar refractivity (Wildman–Crippen MR) is 96.5 cm³/mol. The van der Waals surface area contributed by atoms with E-state index in [1.54, 1.807) is 23.2 Å². The minimum atomic E-state index is -0.141. The largest absolute Gasteiger partial charge is 0.459 e. The summed E-state index contributed by atoms with van der Waals surface area (Å²) in [7, 11) is 0. The van der Waals surface area contributed by atoms with E-state index in [2.05, 4.69) is 4.98 Å². The van der Waals surface area contributed by atoms with E-state index in [0.29, 0.717) is 23.9 Å². The Morgan fingerprint density at radius 1 is 1.32 bits per heavy atom. The van der Waals surface area contributed by atoms with E-state index in [9.17, 15) is 4.79 Å². The van der Waals surface area contributed by atoms with Crippen LogP contribution in [0.25, 0.3) is 0 Å². The molecule has 0 bridgehead atoms. The first-order valence-electron chi connectivity index (χ1n) is 8.13. The number of aromatic nitrogens is 2. The van der Waals surface area contributed by atoms with Gasteiger partial charge < -0.3 is 13.9 Å². The molecule has 0 unspecified atom stereocenters. The minimum Gasteiger partial charge on any atom is -0.459 e. The van der Waals surface area contributed by atoms with Gasteiger partial charge in [-0.1, -0.05) is 23.7 Å². The molecular formula is C19H20ClN3O2. The second kappa shape index (κ2) is 7.57. The van der Waals surface area contributed by atoms with Crippen molar-refractivity contribution in [2.24, 2.45) is 0 Å². The molecule has 3 rings (SSSR count). The molecule has 2 aromatic heterocycles. The molecule has 0 atom stereocenters. The van der Waals surface area contributed by atoms with Gasteiger partial charge in [0.1, 0.15) is 5.82 Å². The Balaban J connectivity index is 1.80. The van der Waals surface area contributed by atoms with Gasteiger partial charge in [-0.3, -0.25) is 4.79 Å². The summed E-state index contributed by atoms with van der Waals surface area (Å²) in [6.45, 7) is 5.01. The number of halogens is 1. The number of benzene rings is 1. The van der Waals surface area contributed by atoms with Crippen LogP contribution in [-0.4, -0.2) is 26.4 Å². The molecule has 1 aromatic carbocycles. The standard InChI is InChI=1S/C19H20ClN3O2/c1-14(2)23(19(24)17-7-4-10-25-17)13-18-21-8-9-22(18)12-15-5-3-6-16(20)11-15/h3-11,14H,12-13H2,1-2H3. The van der Waals surface area contributed by atoms with Crippen molar-refractivity contribution < 1.29 is 9.21 Å². The highest BCUT2D eigenvalue weighted by molar-refractivity contribution is 6.30. The maximum Gasteiger partial charge on any atom is 0.290 e. The Bertz CT molecular complexity index is 840. The van der Waals surface area contributed by atoms with Crippen LogP contribution in [0.1, 0.15) is 35.8 Å². The molecule has 1 amide bonds. The van der Waals surface area contributed by atoms with E-state index in [-0.39, 0.29) is 11.9 Å². The first kappa shape index (κ1) is 17.3. The SMILES string of the molecule is CC(C)N(Cc1nccn1Cc1cccc(Cl)c1)C(=O)c1ccco1. The van der Waals surface area contributed by atoms with E-state index < -0.39 is 0 Å². The van der Waals surface area contributed by atoms with Crippen molar-refractivity contribution in [3.8, 4) is 0 Å². The number of furan rings is 1. The molecule has 0 saturated carbocycles. The van der Waals surface area contributed by atoms with Gasteiger partial charge in [-0.2, -0.15) is 0 Å². The highest BCUT2D eigenvalue weighted by Gasteiger charge is 2.22. The Hall–Kier alpha value is -2.53. The lowest BCUT2D eigenvalue weighted by atomic mass is 10.2. The summed E-state index contributed by atoms with van der Waals surface area (Å²) in [4.78, 5) is 18.8. The number of amides is 1. The Morgan fingerprint density at radius 2 is 2.16 bits per heavy atom. The highest BCUT2D eigenvalue weighted by atomic mass is 35.5. The fourth-order valence-corrected chi connectivity index (χ4v) is 2.86. The van der Waals surface area contributed by atoms with E-state index in [1.807, 2.05) is 48.9 Å². The Labute approximate surface area is 151 Å². The van der Waals surface area contributed by atoms with Crippen LogP contribution in [0.15, 0.2) is 59.5 Å².